The van der Waals surface area contributed by atoms with Gasteiger partial charge in [-0.2, -0.15) is 0 Å². The van der Waals surface area contributed by atoms with Crippen molar-refractivity contribution in [1.29, 1.82) is 0 Å². The average molecular weight is 171 g/mol. The van der Waals surface area contributed by atoms with Crippen LogP contribution in [0.4, 0.5) is 0 Å². The zero-order valence-electron chi connectivity index (χ0n) is 7.85. The molecule has 0 spiro atoms. The monoisotopic (exact) mass is 171 g/mol. The third-order valence-corrected chi connectivity index (χ3v) is 1.94. The standard InChI is InChI=1S/C9H17NS/c1-5-10(6-2)7-8-11-9(3)4/h9H,5-6H2,1-4H3. The molecule has 0 N–H and O–H groups in total. The predicted molar refractivity (Wildman–Crippen MR) is 53.4 cm³/mol. The molecular formula is C9H17NS. The minimum atomic E-state index is 0.609. The number of rotatable bonds is 3. The van der Waals surface area contributed by atoms with Gasteiger partial charge in [-0.1, -0.05) is 25.6 Å². The molecular weight excluding hydrogens is 154 g/mol. The van der Waals surface area contributed by atoms with Crippen molar-refractivity contribution in [1.82, 2.24) is 4.90 Å². The largest absolute Gasteiger partial charge is 0.332 e. The van der Waals surface area contributed by atoms with Crippen LogP contribution < -0.4 is 0 Å². The quantitative estimate of drug-likeness (QED) is 0.474. The van der Waals surface area contributed by atoms with Gasteiger partial charge >= 0.3 is 0 Å². The Morgan fingerprint density at radius 3 is 2.18 bits per heavy atom. The molecule has 0 aliphatic heterocycles. The molecule has 1 nitrogen and oxygen atoms in total. The van der Waals surface area contributed by atoms with Crippen molar-refractivity contribution < 1.29 is 0 Å². The van der Waals surface area contributed by atoms with Gasteiger partial charge in [-0.25, -0.2) is 0 Å². The smallest absolute Gasteiger partial charge is 0.0232 e. The Bertz CT molecular complexity index is 139. The van der Waals surface area contributed by atoms with Crippen molar-refractivity contribution in [3.63, 3.8) is 0 Å². The molecule has 0 radical (unpaired) electrons. The fourth-order valence-corrected chi connectivity index (χ4v) is 1.01. The molecule has 0 saturated carbocycles. The molecule has 0 aromatic carbocycles. The number of thioether (sulfide) groups is 1. The van der Waals surface area contributed by atoms with Crippen LogP contribution in [0.1, 0.15) is 27.7 Å². The Hall–Kier alpha value is -0.290. The van der Waals surface area contributed by atoms with E-state index in [1.54, 1.807) is 11.8 Å². The first-order chi connectivity index (χ1) is 5.20. The van der Waals surface area contributed by atoms with Gasteiger partial charge in [0.1, 0.15) is 0 Å². The van der Waals surface area contributed by atoms with Crippen LogP contribution in [-0.4, -0.2) is 23.2 Å². The molecule has 0 fully saturated rings. The van der Waals surface area contributed by atoms with E-state index >= 15 is 0 Å². The lowest BCUT2D eigenvalue weighted by atomic mass is 10.6. The molecule has 0 rings (SSSR count). The Morgan fingerprint density at radius 1 is 1.27 bits per heavy atom. The molecule has 0 atom stereocenters. The van der Waals surface area contributed by atoms with E-state index < -0.39 is 0 Å². The zero-order valence-corrected chi connectivity index (χ0v) is 8.66. The van der Waals surface area contributed by atoms with E-state index in [9.17, 15) is 0 Å². The van der Waals surface area contributed by atoms with Crippen LogP contribution in [0, 0.1) is 11.3 Å². The van der Waals surface area contributed by atoms with Gasteiger partial charge in [0.15, 0.2) is 0 Å². The normalized spacial score (nSPS) is 9.18. The maximum atomic E-state index is 3.10. The number of hydrogen-bond donors (Lipinski definition) is 0. The molecule has 0 amide bonds. The SMILES string of the molecule is CCN(C#CSC(C)C)CC. The van der Waals surface area contributed by atoms with Crippen LogP contribution in [0.25, 0.3) is 0 Å². The first-order valence-corrected chi connectivity index (χ1v) is 4.99. The van der Waals surface area contributed by atoms with E-state index in [0.717, 1.165) is 13.1 Å². The van der Waals surface area contributed by atoms with Gasteiger partial charge in [0.2, 0.25) is 0 Å². The summed E-state index contributed by atoms with van der Waals surface area (Å²) < 4.78 is 0. The third-order valence-electron chi connectivity index (χ3n) is 1.26. The molecule has 0 aromatic rings. The van der Waals surface area contributed by atoms with E-state index in [2.05, 4.69) is 43.9 Å². The van der Waals surface area contributed by atoms with Crippen molar-refractivity contribution in [2.45, 2.75) is 32.9 Å². The lowest BCUT2D eigenvalue weighted by Crippen LogP contribution is -2.15. The van der Waals surface area contributed by atoms with E-state index in [1.807, 2.05) is 0 Å². The van der Waals surface area contributed by atoms with Crippen molar-refractivity contribution in [3.8, 4) is 11.3 Å². The Balaban J connectivity index is 3.65. The average Bonchev–Trinajstić information content (AvgIpc) is 1.98. The van der Waals surface area contributed by atoms with Gasteiger partial charge in [0.05, 0.1) is 0 Å². The zero-order chi connectivity index (χ0) is 8.69. The summed E-state index contributed by atoms with van der Waals surface area (Å²) in [6.07, 6.45) is 0. The lowest BCUT2D eigenvalue weighted by molar-refractivity contribution is 0.444. The van der Waals surface area contributed by atoms with E-state index in [-0.39, 0.29) is 0 Å². The second kappa shape index (κ2) is 6.42. The fraction of sp³-hybridized carbons (Fsp3) is 0.778. The van der Waals surface area contributed by atoms with E-state index in [1.165, 1.54) is 0 Å². The summed E-state index contributed by atoms with van der Waals surface area (Å²) >= 11 is 1.69. The van der Waals surface area contributed by atoms with Crippen LogP contribution in [0.3, 0.4) is 0 Å². The van der Waals surface area contributed by atoms with Gasteiger partial charge in [0.25, 0.3) is 0 Å². The summed E-state index contributed by atoms with van der Waals surface area (Å²) in [4.78, 5) is 2.11. The van der Waals surface area contributed by atoms with Crippen molar-refractivity contribution in [3.05, 3.63) is 0 Å². The first-order valence-electron chi connectivity index (χ1n) is 4.11. The van der Waals surface area contributed by atoms with Crippen molar-refractivity contribution in [2.24, 2.45) is 0 Å². The second-order valence-corrected chi connectivity index (χ2v) is 3.94. The summed E-state index contributed by atoms with van der Waals surface area (Å²) in [5, 5.41) is 3.69. The molecule has 0 saturated heterocycles. The van der Waals surface area contributed by atoms with Crippen molar-refractivity contribution >= 4 is 11.8 Å². The Kier molecular flexibility index (Phi) is 6.25. The molecule has 0 heterocycles. The van der Waals surface area contributed by atoms with Crippen LogP contribution in [0.5, 0.6) is 0 Å². The molecule has 11 heavy (non-hydrogen) atoms. The van der Waals surface area contributed by atoms with Gasteiger partial charge in [-0.15, -0.1) is 0 Å². The van der Waals surface area contributed by atoms with Crippen LogP contribution in [0.2, 0.25) is 0 Å². The highest BCUT2D eigenvalue weighted by Gasteiger charge is 1.90. The summed E-state index contributed by atoms with van der Waals surface area (Å²) in [5.74, 6) is 0. The van der Waals surface area contributed by atoms with E-state index in [4.69, 9.17) is 0 Å². The molecule has 0 unspecified atom stereocenters. The molecule has 0 aliphatic carbocycles. The summed E-state index contributed by atoms with van der Waals surface area (Å²) in [6, 6.07) is 3.10. The topological polar surface area (TPSA) is 3.24 Å². The van der Waals surface area contributed by atoms with Gasteiger partial charge in [-0.05, 0) is 19.1 Å². The Labute approximate surface area is 74.5 Å². The summed E-state index contributed by atoms with van der Waals surface area (Å²) in [7, 11) is 0. The lowest BCUT2D eigenvalue weighted by Gasteiger charge is -2.10. The van der Waals surface area contributed by atoms with Crippen LogP contribution in [-0.2, 0) is 0 Å². The summed E-state index contributed by atoms with van der Waals surface area (Å²) in [6.45, 7) is 10.6. The molecule has 0 aliphatic rings. The highest BCUT2D eigenvalue weighted by Crippen LogP contribution is 2.05. The van der Waals surface area contributed by atoms with Crippen molar-refractivity contribution in [2.75, 3.05) is 13.1 Å². The minimum Gasteiger partial charge on any atom is -0.332 e. The molecule has 0 bridgehead atoms. The summed E-state index contributed by atoms with van der Waals surface area (Å²) in [5.41, 5.74) is 0. The third kappa shape index (κ3) is 6.12. The maximum absolute atomic E-state index is 3.10. The number of nitrogens with zero attached hydrogens (tertiary/aromatic N) is 1. The Morgan fingerprint density at radius 2 is 1.82 bits per heavy atom. The molecule has 0 aromatic heterocycles. The van der Waals surface area contributed by atoms with Crippen LogP contribution in [0.15, 0.2) is 0 Å². The van der Waals surface area contributed by atoms with Gasteiger partial charge < -0.3 is 4.90 Å². The first kappa shape index (κ1) is 10.7. The molecule has 64 valence electrons. The highest BCUT2D eigenvalue weighted by molar-refractivity contribution is 8.04. The maximum Gasteiger partial charge on any atom is 0.0232 e. The van der Waals surface area contributed by atoms with Gasteiger partial charge in [0, 0.05) is 24.4 Å². The second-order valence-electron chi connectivity index (χ2n) is 2.55. The predicted octanol–water partition coefficient (Wildman–Crippen LogP) is 2.39. The minimum absolute atomic E-state index is 0.609. The molecule has 2 heteroatoms. The fourth-order valence-electron chi connectivity index (χ4n) is 0.590. The van der Waals surface area contributed by atoms with E-state index in [0.29, 0.717) is 5.25 Å². The number of hydrogen-bond acceptors (Lipinski definition) is 2. The van der Waals surface area contributed by atoms with Gasteiger partial charge in [-0.3, -0.25) is 0 Å². The highest BCUT2D eigenvalue weighted by atomic mass is 32.2. The van der Waals surface area contributed by atoms with Crippen LogP contribution >= 0.6 is 11.8 Å².